The predicted octanol–water partition coefficient (Wildman–Crippen LogP) is 3.09. The van der Waals surface area contributed by atoms with Gasteiger partial charge < -0.3 is 14.9 Å². The standard InChI is InChI=1S/C16H21N3O2/c20-14(12-7-3-1-4-8-12)11-17-16-18-15(21-19-16)13-9-5-2-6-10-13/h2,5-6,9-10,12,14,20H,1,3-4,7-8,11H2,(H,17,19). The van der Waals surface area contributed by atoms with Crippen molar-refractivity contribution in [2.24, 2.45) is 5.92 Å². The van der Waals surface area contributed by atoms with Gasteiger partial charge in [-0.15, -0.1) is 0 Å². The first-order valence-electron chi connectivity index (χ1n) is 7.64. The Morgan fingerprint density at radius 3 is 2.71 bits per heavy atom. The Balaban J connectivity index is 1.55. The lowest BCUT2D eigenvalue weighted by molar-refractivity contribution is 0.0954. The van der Waals surface area contributed by atoms with Crippen LogP contribution in [0.3, 0.4) is 0 Å². The van der Waals surface area contributed by atoms with Crippen molar-refractivity contribution in [1.29, 1.82) is 0 Å². The van der Waals surface area contributed by atoms with Crippen LogP contribution in [0.1, 0.15) is 32.1 Å². The maximum Gasteiger partial charge on any atom is 0.263 e. The van der Waals surface area contributed by atoms with Gasteiger partial charge in [-0.3, -0.25) is 0 Å². The minimum atomic E-state index is -0.344. The number of benzene rings is 1. The first-order chi connectivity index (χ1) is 10.3. The van der Waals surface area contributed by atoms with Gasteiger partial charge in [0.25, 0.3) is 11.8 Å². The Labute approximate surface area is 124 Å². The Kier molecular flexibility index (Phi) is 4.50. The fourth-order valence-electron chi connectivity index (χ4n) is 2.87. The molecule has 1 aromatic heterocycles. The molecular weight excluding hydrogens is 266 g/mol. The Bertz CT molecular complexity index is 550. The molecule has 1 saturated carbocycles. The van der Waals surface area contributed by atoms with Crippen molar-refractivity contribution in [3.8, 4) is 11.5 Å². The fourth-order valence-corrected chi connectivity index (χ4v) is 2.87. The van der Waals surface area contributed by atoms with E-state index >= 15 is 0 Å². The molecule has 5 heteroatoms. The van der Waals surface area contributed by atoms with Crippen molar-refractivity contribution in [3.05, 3.63) is 30.3 Å². The number of aliphatic hydroxyl groups is 1. The number of nitrogens with zero attached hydrogens (tertiary/aromatic N) is 2. The molecule has 0 saturated heterocycles. The summed E-state index contributed by atoms with van der Waals surface area (Å²) in [5, 5.41) is 17.2. The summed E-state index contributed by atoms with van der Waals surface area (Å²) in [7, 11) is 0. The molecule has 0 radical (unpaired) electrons. The van der Waals surface area contributed by atoms with Crippen molar-refractivity contribution in [2.75, 3.05) is 11.9 Å². The molecule has 1 aliphatic rings. The van der Waals surface area contributed by atoms with Gasteiger partial charge in [0.15, 0.2) is 0 Å². The first kappa shape index (κ1) is 14.1. The van der Waals surface area contributed by atoms with Crippen molar-refractivity contribution >= 4 is 5.95 Å². The van der Waals surface area contributed by atoms with Crippen molar-refractivity contribution in [2.45, 2.75) is 38.2 Å². The largest absolute Gasteiger partial charge is 0.391 e. The number of rotatable bonds is 5. The third-order valence-electron chi connectivity index (χ3n) is 4.11. The normalized spacial score (nSPS) is 17.6. The molecule has 0 bridgehead atoms. The van der Waals surface area contributed by atoms with Gasteiger partial charge in [-0.2, -0.15) is 4.98 Å². The summed E-state index contributed by atoms with van der Waals surface area (Å²) in [5.74, 6) is 1.32. The highest BCUT2D eigenvalue weighted by Crippen LogP contribution is 2.26. The zero-order chi connectivity index (χ0) is 14.5. The third-order valence-corrected chi connectivity index (χ3v) is 4.11. The van der Waals surface area contributed by atoms with Gasteiger partial charge in [0.1, 0.15) is 0 Å². The Morgan fingerprint density at radius 2 is 1.95 bits per heavy atom. The molecule has 2 N–H and O–H groups in total. The fraction of sp³-hybridized carbons (Fsp3) is 0.500. The number of aliphatic hydroxyl groups excluding tert-OH is 1. The SMILES string of the molecule is OC(CNc1noc(-c2ccccc2)n1)C1CCCCC1. The number of nitrogens with one attached hydrogen (secondary N) is 1. The van der Waals surface area contributed by atoms with Gasteiger partial charge in [0.05, 0.1) is 6.10 Å². The summed E-state index contributed by atoms with van der Waals surface area (Å²) < 4.78 is 5.22. The summed E-state index contributed by atoms with van der Waals surface area (Å²) in [5.41, 5.74) is 0.894. The quantitative estimate of drug-likeness (QED) is 0.884. The molecule has 5 nitrogen and oxygen atoms in total. The molecule has 1 heterocycles. The molecule has 1 unspecified atom stereocenters. The molecular formula is C16H21N3O2. The van der Waals surface area contributed by atoms with Crippen LogP contribution in [-0.4, -0.2) is 27.9 Å². The zero-order valence-electron chi connectivity index (χ0n) is 12.0. The van der Waals surface area contributed by atoms with Crippen LogP contribution >= 0.6 is 0 Å². The van der Waals surface area contributed by atoms with E-state index in [1.807, 2.05) is 30.3 Å². The lowest BCUT2D eigenvalue weighted by atomic mass is 9.85. The van der Waals surface area contributed by atoms with E-state index < -0.39 is 0 Å². The van der Waals surface area contributed by atoms with Crippen LogP contribution in [0.5, 0.6) is 0 Å². The molecule has 3 rings (SSSR count). The molecule has 2 aromatic rings. The van der Waals surface area contributed by atoms with Crippen LogP contribution in [0, 0.1) is 5.92 Å². The second-order valence-electron chi connectivity index (χ2n) is 5.64. The highest BCUT2D eigenvalue weighted by molar-refractivity contribution is 5.53. The molecule has 0 spiro atoms. The molecule has 21 heavy (non-hydrogen) atoms. The van der Waals surface area contributed by atoms with E-state index in [0.29, 0.717) is 24.3 Å². The summed E-state index contributed by atoms with van der Waals surface area (Å²) >= 11 is 0. The van der Waals surface area contributed by atoms with E-state index in [2.05, 4.69) is 15.5 Å². The van der Waals surface area contributed by atoms with Crippen LogP contribution in [0.15, 0.2) is 34.9 Å². The van der Waals surface area contributed by atoms with Crippen molar-refractivity contribution in [1.82, 2.24) is 10.1 Å². The Hall–Kier alpha value is -1.88. The third kappa shape index (κ3) is 3.61. The van der Waals surface area contributed by atoms with Gasteiger partial charge in [0.2, 0.25) is 0 Å². The van der Waals surface area contributed by atoms with E-state index in [4.69, 9.17) is 4.52 Å². The highest BCUT2D eigenvalue weighted by Gasteiger charge is 2.21. The average molecular weight is 287 g/mol. The Morgan fingerprint density at radius 1 is 1.19 bits per heavy atom. The van der Waals surface area contributed by atoms with Gasteiger partial charge in [-0.25, -0.2) is 0 Å². The molecule has 1 fully saturated rings. The average Bonchev–Trinajstić information content (AvgIpc) is 3.03. The number of aromatic nitrogens is 2. The minimum Gasteiger partial charge on any atom is -0.391 e. The predicted molar refractivity (Wildman–Crippen MR) is 80.8 cm³/mol. The smallest absolute Gasteiger partial charge is 0.263 e. The summed E-state index contributed by atoms with van der Waals surface area (Å²) in [6.07, 6.45) is 5.63. The summed E-state index contributed by atoms with van der Waals surface area (Å²) in [4.78, 5) is 4.30. The number of hydrogen-bond acceptors (Lipinski definition) is 5. The van der Waals surface area contributed by atoms with Crippen LogP contribution in [-0.2, 0) is 0 Å². The van der Waals surface area contributed by atoms with Crippen molar-refractivity contribution in [3.63, 3.8) is 0 Å². The van der Waals surface area contributed by atoms with Crippen LogP contribution in [0.25, 0.3) is 11.5 Å². The lowest BCUT2D eigenvalue weighted by Crippen LogP contribution is -2.30. The first-order valence-corrected chi connectivity index (χ1v) is 7.64. The summed E-state index contributed by atoms with van der Waals surface area (Å²) in [6, 6.07) is 9.65. The molecule has 1 atom stereocenters. The second-order valence-corrected chi connectivity index (χ2v) is 5.64. The van der Waals surface area contributed by atoms with Crippen LogP contribution in [0.4, 0.5) is 5.95 Å². The molecule has 1 aliphatic carbocycles. The van der Waals surface area contributed by atoms with E-state index in [9.17, 15) is 5.11 Å². The van der Waals surface area contributed by atoms with E-state index in [0.717, 1.165) is 18.4 Å². The van der Waals surface area contributed by atoms with Crippen molar-refractivity contribution < 1.29 is 9.63 Å². The maximum atomic E-state index is 10.2. The molecule has 112 valence electrons. The second kappa shape index (κ2) is 6.72. The van der Waals surface area contributed by atoms with E-state index in [1.165, 1.54) is 19.3 Å². The molecule has 0 aliphatic heterocycles. The highest BCUT2D eigenvalue weighted by atomic mass is 16.5. The van der Waals surface area contributed by atoms with Crippen LogP contribution < -0.4 is 5.32 Å². The summed E-state index contributed by atoms with van der Waals surface area (Å²) in [6.45, 7) is 0.471. The van der Waals surface area contributed by atoms with Gasteiger partial charge in [-0.05, 0) is 36.0 Å². The van der Waals surface area contributed by atoms with E-state index in [1.54, 1.807) is 0 Å². The zero-order valence-corrected chi connectivity index (χ0v) is 12.0. The van der Waals surface area contributed by atoms with Gasteiger partial charge >= 0.3 is 0 Å². The lowest BCUT2D eigenvalue weighted by Gasteiger charge is -2.26. The van der Waals surface area contributed by atoms with E-state index in [-0.39, 0.29) is 6.10 Å². The molecule has 1 aromatic carbocycles. The molecule has 0 amide bonds. The minimum absolute atomic E-state index is 0.344. The van der Waals surface area contributed by atoms with Gasteiger partial charge in [0, 0.05) is 12.1 Å². The monoisotopic (exact) mass is 287 g/mol. The van der Waals surface area contributed by atoms with Gasteiger partial charge in [-0.1, -0.05) is 37.5 Å². The number of hydrogen-bond donors (Lipinski definition) is 2. The van der Waals surface area contributed by atoms with Crippen LogP contribution in [0.2, 0.25) is 0 Å². The topological polar surface area (TPSA) is 71.2 Å². The maximum absolute atomic E-state index is 10.2. The number of anilines is 1.